The second kappa shape index (κ2) is 11.1. The first-order valence-electron chi connectivity index (χ1n) is 15.1. The number of rotatable bonds is 6. The summed E-state index contributed by atoms with van der Waals surface area (Å²) in [5, 5.41) is 2.37. The van der Waals surface area contributed by atoms with E-state index in [0.717, 1.165) is 70.0 Å². The number of hydrogen-bond donors (Lipinski definition) is 1. The minimum Gasteiger partial charge on any atom is -0.489 e. The van der Waals surface area contributed by atoms with Gasteiger partial charge in [0.05, 0.1) is 13.2 Å². The van der Waals surface area contributed by atoms with Crippen molar-refractivity contribution in [1.82, 2.24) is 15.1 Å². The molecule has 3 atom stereocenters. The van der Waals surface area contributed by atoms with E-state index in [1.54, 1.807) is 4.90 Å². The van der Waals surface area contributed by atoms with E-state index in [1.807, 2.05) is 18.2 Å². The van der Waals surface area contributed by atoms with E-state index >= 15 is 0 Å². The third-order valence-electron chi connectivity index (χ3n) is 9.57. The fraction of sp³-hybridized carbons (Fsp3) is 0.531. The number of imide groups is 1. The number of amides is 3. The Morgan fingerprint density at radius 1 is 0.902 bits per heavy atom. The number of piperidine rings is 1. The Kier molecular flexibility index (Phi) is 7.16. The van der Waals surface area contributed by atoms with E-state index in [1.165, 1.54) is 17.7 Å². The fourth-order valence-electron chi connectivity index (χ4n) is 7.20. The lowest BCUT2D eigenvalue weighted by molar-refractivity contribution is -0.136. The molecule has 0 bridgehead atoms. The average molecular weight is 559 g/mol. The van der Waals surface area contributed by atoms with Gasteiger partial charge in [0.2, 0.25) is 11.8 Å². The lowest BCUT2D eigenvalue weighted by atomic mass is 9.84. The number of anilines is 1. The van der Waals surface area contributed by atoms with Crippen LogP contribution >= 0.6 is 0 Å². The third kappa shape index (κ3) is 5.21. The zero-order chi connectivity index (χ0) is 27.9. The molecular weight excluding hydrogens is 520 g/mol. The minimum absolute atomic E-state index is 0.120. The van der Waals surface area contributed by atoms with Crippen molar-refractivity contribution in [1.29, 1.82) is 0 Å². The Bertz CT molecular complexity index is 1320. The van der Waals surface area contributed by atoms with Crippen LogP contribution in [0.4, 0.5) is 5.69 Å². The van der Waals surface area contributed by atoms with Crippen LogP contribution in [0.1, 0.15) is 65.9 Å². The van der Waals surface area contributed by atoms with Gasteiger partial charge in [-0.25, -0.2) is 0 Å². The Hall–Kier alpha value is -3.43. The molecule has 0 radical (unpaired) electrons. The molecule has 0 spiro atoms. The average Bonchev–Trinajstić information content (AvgIpc) is 3.29. The second-order valence-electron chi connectivity index (χ2n) is 12.1. The van der Waals surface area contributed by atoms with Crippen LogP contribution in [0.5, 0.6) is 5.75 Å². The lowest BCUT2D eigenvalue weighted by Crippen LogP contribution is -2.57. The van der Waals surface area contributed by atoms with Gasteiger partial charge in [-0.05, 0) is 67.1 Å². The van der Waals surface area contributed by atoms with Gasteiger partial charge in [0.25, 0.3) is 5.91 Å². The van der Waals surface area contributed by atoms with Crippen LogP contribution in [-0.4, -0.2) is 85.1 Å². The smallest absolute Gasteiger partial charge is 0.255 e. The molecule has 1 aliphatic carbocycles. The molecule has 41 heavy (non-hydrogen) atoms. The minimum atomic E-state index is -0.602. The topological polar surface area (TPSA) is 91.4 Å². The van der Waals surface area contributed by atoms with E-state index in [-0.39, 0.29) is 30.2 Å². The van der Waals surface area contributed by atoms with Gasteiger partial charge in [0.1, 0.15) is 17.9 Å². The Morgan fingerprint density at radius 3 is 2.46 bits per heavy atom. The van der Waals surface area contributed by atoms with Crippen molar-refractivity contribution in [3.8, 4) is 5.75 Å². The van der Waals surface area contributed by atoms with Crippen molar-refractivity contribution < 1.29 is 23.9 Å². The van der Waals surface area contributed by atoms with Crippen LogP contribution in [0.15, 0.2) is 42.5 Å². The predicted octanol–water partition coefficient (Wildman–Crippen LogP) is 3.07. The fourth-order valence-corrected chi connectivity index (χ4v) is 7.20. The lowest BCUT2D eigenvalue weighted by Gasteiger charge is -2.48. The first-order valence-corrected chi connectivity index (χ1v) is 15.1. The third-order valence-corrected chi connectivity index (χ3v) is 9.57. The number of nitrogens with zero attached hydrogens (tertiary/aromatic N) is 3. The normalized spacial score (nSPS) is 27.4. The Labute approximate surface area is 240 Å². The molecule has 5 aliphatic rings. The maximum absolute atomic E-state index is 13.1. The summed E-state index contributed by atoms with van der Waals surface area (Å²) in [6, 6.07) is 14.6. The van der Waals surface area contributed by atoms with Crippen molar-refractivity contribution in [2.24, 2.45) is 0 Å². The van der Waals surface area contributed by atoms with Crippen LogP contribution in [-0.2, 0) is 20.9 Å². The number of fused-ring (bicyclic) bond motifs is 1. The summed E-state index contributed by atoms with van der Waals surface area (Å²) in [6.45, 7) is 5.99. The summed E-state index contributed by atoms with van der Waals surface area (Å²) >= 11 is 0. The number of morpholine rings is 1. The van der Waals surface area contributed by atoms with Gasteiger partial charge >= 0.3 is 0 Å². The number of hydrogen-bond acceptors (Lipinski definition) is 7. The molecular formula is C32H38N4O5. The standard InChI is InChI=1S/C32H38N4O5/c37-30-12-11-28(31(38)33-30)36-20-22-17-25(9-10-26(22)32(36)39)41-29-4-2-1-3-27(29)35-18-23(19-35)21-5-7-24(8-6-21)34-13-15-40-16-14-34/h5-10,17,23,27-29H,1-4,11-16,18-20H2,(H,33,37,38)/t27-,28?,29-/m1/s1. The van der Waals surface area contributed by atoms with Crippen molar-refractivity contribution >= 4 is 23.4 Å². The van der Waals surface area contributed by atoms with Crippen LogP contribution in [0.2, 0.25) is 0 Å². The molecule has 1 unspecified atom stereocenters. The zero-order valence-corrected chi connectivity index (χ0v) is 23.4. The first-order chi connectivity index (χ1) is 20.0. The highest BCUT2D eigenvalue weighted by Gasteiger charge is 2.41. The van der Waals surface area contributed by atoms with Crippen molar-refractivity contribution in [3.05, 3.63) is 59.2 Å². The van der Waals surface area contributed by atoms with E-state index in [4.69, 9.17) is 9.47 Å². The Balaban J connectivity index is 0.974. The molecule has 1 N–H and O–H groups in total. The highest BCUT2D eigenvalue weighted by molar-refractivity contribution is 6.05. The van der Waals surface area contributed by atoms with Gasteiger partial charge < -0.3 is 19.3 Å². The molecule has 216 valence electrons. The summed E-state index contributed by atoms with van der Waals surface area (Å²) in [5.41, 5.74) is 4.20. The van der Waals surface area contributed by atoms with Gasteiger partial charge in [-0.3, -0.25) is 24.6 Å². The number of ether oxygens (including phenoxy) is 2. The highest BCUT2D eigenvalue weighted by Crippen LogP contribution is 2.37. The van der Waals surface area contributed by atoms with Gasteiger partial charge in [-0.2, -0.15) is 0 Å². The highest BCUT2D eigenvalue weighted by atomic mass is 16.5. The monoisotopic (exact) mass is 558 g/mol. The molecule has 3 saturated heterocycles. The van der Waals surface area contributed by atoms with Gasteiger partial charge in [0.15, 0.2) is 0 Å². The van der Waals surface area contributed by atoms with Gasteiger partial charge in [-0.1, -0.05) is 18.6 Å². The molecule has 4 heterocycles. The molecule has 0 aromatic heterocycles. The molecule has 4 fully saturated rings. The van der Waals surface area contributed by atoms with Crippen LogP contribution in [0.25, 0.3) is 0 Å². The van der Waals surface area contributed by atoms with Crippen molar-refractivity contribution in [3.63, 3.8) is 0 Å². The van der Waals surface area contributed by atoms with E-state index < -0.39 is 6.04 Å². The number of carbonyl (C=O) groups excluding carboxylic acids is 3. The predicted molar refractivity (Wildman–Crippen MR) is 153 cm³/mol. The molecule has 9 heteroatoms. The maximum atomic E-state index is 13.1. The van der Waals surface area contributed by atoms with Gasteiger partial charge in [-0.15, -0.1) is 0 Å². The second-order valence-corrected chi connectivity index (χ2v) is 12.1. The summed E-state index contributed by atoms with van der Waals surface area (Å²) in [6.07, 6.45) is 5.29. The summed E-state index contributed by atoms with van der Waals surface area (Å²) in [4.78, 5) is 43.6. The Morgan fingerprint density at radius 2 is 1.68 bits per heavy atom. The number of benzene rings is 2. The van der Waals surface area contributed by atoms with Crippen LogP contribution in [0.3, 0.4) is 0 Å². The number of likely N-dealkylation sites (tertiary alicyclic amines) is 1. The van der Waals surface area contributed by atoms with Crippen molar-refractivity contribution in [2.45, 2.75) is 69.2 Å². The van der Waals surface area contributed by atoms with E-state index in [2.05, 4.69) is 39.4 Å². The molecule has 3 amide bonds. The SMILES string of the molecule is O=C1CCC(N2Cc3cc(O[C@@H]4CCCC[C@H]4N4CC(c5ccc(N6CCOCC6)cc5)C4)ccc3C2=O)C(=O)N1. The molecule has 7 rings (SSSR count). The van der Waals surface area contributed by atoms with Crippen LogP contribution in [0, 0.1) is 0 Å². The van der Waals surface area contributed by atoms with E-state index in [9.17, 15) is 14.4 Å². The summed E-state index contributed by atoms with van der Waals surface area (Å²) < 4.78 is 12.1. The first kappa shape index (κ1) is 26.5. The van der Waals surface area contributed by atoms with Crippen molar-refractivity contribution in [2.75, 3.05) is 44.3 Å². The molecule has 2 aromatic rings. The molecule has 4 aliphatic heterocycles. The molecule has 9 nitrogen and oxygen atoms in total. The van der Waals surface area contributed by atoms with Gasteiger partial charge in [0, 0.05) is 62.4 Å². The van der Waals surface area contributed by atoms with Crippen LogP contribution < -0.4 is 15.0 Å². The summed E-state index contributed by atoms with van der Waals surface area (Å²) in [5.74, 6) is 0.532. The van der Waals surface area contributed by atoms with E-state index in [0.29, 0.717) is 30.5 Å². The molecule has 1 saturated carbocycles. The number of nitrogens with one attached hydrogen (secondary N) is 1. The maximum Gasteiger partial charge on any atom is 0.255 e. The number of carbonyl (C=O) groups is 3. The molecule has 2 aromatic carbocycles. The quantitative estimate of drug-likeness (QED) is 0.545. The summed E-state index contributed by atoms with van der Waals surface area (Å²) in [7, 11) is 0. The largest absolute Gasteiger partial charge is 0.489 e. The zero-order valence-electron chi connectivity index (χ0n) is 23.4.